The Hall–Kier alpha value is -1.38. The standard InChI is InChI=1S/C8H13N3O4S/c1-5(2)15-11-8(12)7-3-6(4-10-7)16(9,13)14/h3-5,10H,1-2H3,(H,11,12)(H2,9,13,14). The molecule has 1 rings (SSSR count). The summed E-state index contributed by atoms with van der Waals surface area (Å²) in [5.74, 6) is -0.566. The number of carbonyl (C=O) groups is 1. The molecule has 1 amide bonds. The van der Waals surface area contributed by atoms with Gasteiger partial charge < -0.3 is 4.98 Å². The maximum atomic E-state index is 11.4. The first-order valence-corrected chi connectivity index (χ1v) is 6.02. The van der Waals surface area contributed by atoms with Crippen molar-refractivity contribution in [2.45, 2.75) is 24.8 Å². The predicted octanol–water partition coefficient (Wildman–Crippen LogP) is -0.268. The topological polar surface area (TPSA) is 114 Å². The quantitative estimate of drug-likeness (QED) is 0.635. The molecule has 0 spiro atoms. The van der Waals surface area contributed by atoms with Crippen LogP contribution < -0.4 is 10.6 Å². The third-order valence-electron chi connectivity index (χ3n) is 1.62. The number of carbonyl (C=O) groups excluding carboxylic acids is 1. The van der Waals surface area contributed by atoms with E-state index in [-0.39, 0.29) is 16.7 Å². The summed E-state index contributed by atoms with van der Waals surface area (Å²) in [6.45, 7) is 3.48. The largest absolute Gasteiger partial charge is 0.356 e. The second-order valence-electron chi connectivity index (χ2n) is 3.39. The minimum Gasteiger partial charge on any atom is -0.356 e. The Morgan fingerprint density at radius 3 is 2.62 bits per heavy atom. The summed E-state index contributed by atoms with van der Waals surface area (Å²) >= 11 is 0. The number of aromatic amines is 1. The van der Waals surface area contributed by atoms with Gasteiger partial charge in [0.2, 0.25) is 10.0 Å². The van der Waals surface area contributed by atoms with Gasteiger partial charge in [-0.15, -0.1) is 0 Å². The first kappa shape index (κ1) is 12.7. The molecule has 8 heteroatoms. The highest BCUT2D eigenvalue weighted by Gasteiger charge is 2.14. The van der Waals surface area contributed by atoms with Crippen molar-refractivity contribution in [1.29, 1.82) is 0 Å². The van der Waals surface area contributed by atoms with Crippen LogP contribution in [0.25, 0.3) is 0 Å². The molecule has 1 aromatic rings. The van der Waals surface area contributed by atoms with Crippen LogP contribution in [0.5, 0.6) is 0 Å². The molecule has 0 unspecified atom stereocenters. The van der Waals surface area contributed by atoms with Gasteiger partial charge in [-0.2, -0.15) is 0 Å². The van der Waals surface area contributed by atoms with E-state index in [1.54, 1.807) is 13.8 Å². The summed E-state index contributed by atoms with van der Waals surface area (Å²) < 4.78 is 21.9. The number of amides is 1. The van der Waals surface area contributed by atoms with Gasteiger partial charge in [-0.05, 0) is 19.9 Å². The SMILES string of the molecule is CC(C)ONC(=O)c1cc(S(N)(=O)=O)c[nH]1. The van der Waals surface area contributed by atoms with Crippen LogP contribution in [0.3, 0.4) is 0 Å². The van der Waals surface area contributed by atoms with E-state index < -0.39 is 15.9 Å². The van der Waals surface area contributed by atoms with Crippen molar-refractivity contribution in [3.63, 3.8) is 0 Å². The lowest BCUT2D eigenvalue weighted by atomic mass is 10.4. The van der Waals surface area contributed by atoms with Crippen LogP contribution in [0.1, 0.15) is 24.3 Å². The molecule has 0 aliphatic carbocycles. The molecule has 0 atom stereocenters. The van der Waals surface area contributed by atoms with E-state index in [0.29, 0.717) is 0 Å². The maximum absolute atomic E-state index is 11.4. The van der Waals surface area contributed by atoms with Gasteiger partial charge in [-0.3, -0.25) is 9.63 Å². The molecule has 0 aliphatic rings. The van der Waals surface area contributed by atoms with E-state index in [2.05, 4.69) is 10.5 Å². The third kappa shape index (κ3) is 3.33. The van der Waals surface area contributed by atoms with E-state index >= 15 is 0 Å². The van der Waals surface area contributed by atoms with Crippen LogP contribution in [0.15, 0.2) is 17.2 Å². The number of H-pyrrole nitrogens is 1. The molecule has 1 aromatic heterocycles. The van der Waals surface area contributed by atoms with Crippen molar-refractivity contribution < 1.29 is 18.0 Å². The Bertz CT molecular complexity index is 477. The van der Waals surface area contributed by atoms with Gasteiger partial charge in [0, 0.05) is 6.20 Å². The van der Waals surface area contributed by atoms with Crippen LogP contribution >= 0.6 is 0 Å². The highest BCUT2D eigenvalue weighted by Crippen LogP contribution is 2.08. The Morgan fingerprint density at radius 1 is 1.56 bits per heavy atom. The van der Waals surface area contributed by atoms with E-state index in [0.717, 1.165) is 12.3 Å². The zero-order valence-corrected chi connectivity index (χ0v) is 9.67. The van der Waals surface area contributed by atoms with Gasteiger partial charge >= 0.3 is 0 Å². The normalized spacial score (nSPS) is 11.8. The molecule has 0 bridgehead atoms. The second kappa shape index (κ2) is 4.64. The third-order valence-corrected chi connectivity index (χ3v) is 2.51. The average Bonchev–Trinajstić information content (AvgIpc) is 2.61. The predicted molar refractivity (Wildman–Crippen MR) is 55.9 cm³/mol. The monoisotopic (exact) mass is 247 g/mol. The lowest BCUT2D eigenvalue weighted by Gasteiger charge is -2.06. The number of rotatable bonds is 4. The zero-order chi connectivity index (χ0) is 12.3. The summed E-state index contributed by atoms with van der Waals surface area (Å²) in [4.78, 5) is 18.6. The van der Waals surface area contributed by atoms with Gasteiger partial charge in [0.15, 0.2) is 0 Å². The first-order valence-electron chi connectivity index (χ1n) is 4.48. The summed E-state index contributed by atoms with van der Waals surface area (Å²) in [5.41, 5.74) is 2.22. The molecule has 1 heterocycles. The molecule has 4 N–H and O–H groups in total. The number of aromatic nitrogens is 1. The number of hydroxylamine groups is 1. The molecular weight excluding hydrogens is 234 g/mol. The van der Waals surface area contributed by atoms with Gasteiger partial charge in [0.25, 0.3) is 5.91 Å². The molecule has 0 fully saturated rings. The van der Waals surface area contributed by atoms with Crippen molar-refractivity contribution in [2.75, 3.05) is 0 Å². The van der Waals surface area contributed by atoms with Gasteiger partial charge in [0.05, 0.1) is 11.0 Å². The van der Waals surface area contributed by atoms with E-state index in [9.17, 15) is 13.2 Å². The molecule has 0 radical (unpaired) electrons. The highest BCUT2D eigenvalue weighted by molar-refractivity contribution is 7.89. The lowest BCUT2D eigenvalue weighted by molar-refractivity contribution is -0.000102. The minimum atomic E-state index is -3.80. The van der Waals surface area contributed by atoms with Gasteiger partial charge in [-0.25, -0.2) is 19.0 Å². The molecule has 0 saturated carbocycles. The van der Waals surface area contributed by atoms with Crippen molar-refractivity contribution >= 4 is 15.9 Å². The zero-order valence-electron chi connectivity index (χ0n) is 8.85. The van der Waals surface area contributed by atoms with Gasteiger partial charge in [0.1, 0.15) is 5.69 Å². The van der Waals surface area contributed by atoms with Crippen molar-refractivity contribution in [2.24, 2.45) is 5.14 Å². The fraction of sp³-hybridized carbons (Fsp3) is 0.375. The molecule has 0 aliphatic heterocycles. The Balaban J connectivity index is 2.75. The molecular formula is C8H13N3O4S. The highest BCUT2D eigenvalue weighted by atomic mass is 32.2. The lowest BCUT2D eigenvalue weighted by Crippen LogP contribution is -2.27. The number of primary sulfonamides is 1. The second-order valence-corrected chi connectivity index (χ2v) is 4.95. The van der Waals surface area contributed by atoms with Crippen LogP contribution in [0, 0.1) is 0 Å². The molecule has 0 saturated heterocycles. The van der Waals surface area contributed by atoms with Crippen molar-refractivity contribution in [3.05, 3.63) is 18.0 Å². The Labute approximate surface area is 93.0 Å². The summed E-state index contributed by atoms with van der Waals surface area (Å²) in [6, 6.07) is 1.13. The Morgan fingerprint density at radius 2 is 2.19 bits per heavy atom. The number of sulfonamides is 1. The van der Waals surface area contributed by atoms with Crippen LogP contribution in [0.2, 0.25) is 0 Å². The number of nitrogens with one attached hydrogen (secondary N) is 2. The molecule has 16 heavy (non-hydrogen) atoms. The Kier molecular flexibility index (Phi) is 3.68. The fourth-order valence-corrected chi connectivity index (χ4v) is 1.40. The summed E-state index contributed by atoms with van der Waals surface area (Å²) in [7, 11) is -3.80. The van der Waals surface area contributed by atoms with Crippen molar-refractivity contribution in [1.82, 2.24) is 10.5 Å². The molecule has 90 valence electrons. The van der Waals surface area contributed by atoms with E-state index in [1.165, 1.54) is 0 Å². The number of hydrogen-bond donors (Lipinski definition) is 3. The first-order chi connectivity index (χ1) is 7.30. The van der Waals surface area contributed by atoms with E-state index in [4.69, 9.17) is 9.98 Å². The van der Waals surface area contributed by atoms with Crippen molar-refractivity contribution in [3.8, 4) is 0 Å². The van der Waals surface area contributed by atoms with Gasteiger partial charge in [-0.1, -0.05) is 0 Å². The van der Waals surface area contributed by atoms with Crippen LogP contribution in [0.4, 0.5) is 0 Å². The van der Waals surface area contributed by atoms with Crippen LogP contribution in [-0.4, -0.2) is 25.4 Å². The average molecular weight is 247 g/mol. The minimum absolute atomic E-state index is 0.0599. The molecule has 0 aromatic carbocycles. The van der Waals surface area contributed by atoms with E-state index in [1.807, 2.05) is 0 Å². The summed E-state index contributed by atoms with van der Waals surface area (Å²) in [6.07, 6.45) is 0.969. The smallest absolute Gasteiger partial charge is 0.291 e. The summed E-state index contributed by atoms with van der Waals surface area (Å²) in [5, 5.41) is 4.88. The fourth-order valence-electron chi connectivity index (χ4n) is 0.896. The maximum Gasteiger partial charge on any atom is 0.291 e. The number of nitrogens with two attached hydrogens (primary N) is 1. The molecule has 7 nitrogen and oxygen atoms in total. The number of hydrogen-bond acceptors (Lipinski definition) is 4. The van der Waals surface area contributed by atoms with Crippen LogP contribution in [-0.2, 0) is 14.9 Å².